The van der Waals surface area contributed by atoms with Crippen LogP contribution in [-0.4, -0.2) is 45.6 Å². The van der Waals surface area contributed by atoms with Crippen LogP contribution in [0.5, 0.6) is 0 Å². The second-order valence-corrected chi connectivity index (χ2v) is 8.67. The molecule has 0 fully saturated rings. The van der Waals surface area contributed by atoms with E-state index in [1.165, 1.54) is 10.9 Å². The molecule has 6 aromatic rings. The van der Waals surface area contributed by atoms with Crippen molar-refractivity contribution in [2.24, 2.45) is 0 Å². The number of aromatic nitrogens is 8. The SMILES string of the molecule is FC(F)C1CC(c2ccccc2)Nc2c(-c3nc4c5cnn(-c6ccccc6)c5ncn4n3)cnn21. The van der Waals surface area contributed by atoms with E-state index in [0.717, 1.165) is 16.6 Å². The van der Waals surface area contributed by atoms with Crippen LogP contribution in [0.4, 0.5) is 14.6 Å². The highest BCUT2D eigenvalue weighted by Gasteiger charge is 2.36. The van der Waals surface area contributed by atoms with Crippen molar-refractivity contribution < 1.29 is 8.78 Å². The standard InChI is InChI=1S/C25H19F2N9/c26-21(27)20-11-19(15-7-3-1-4-8-15)31-25-17(12-30-36(20)25)22-32-24-18-13-29-35(16-9-5-2-6-10-16)23(18)28-14-34(24)33-22/h1-10,12-14,19-21,31H,11H2. The zero-order chi connectivity index (χ0) is 24.2. The molecule has 0 saturated heterocycles. The van der Waals surface area contributed by atoms with Crippen LogP contribution in [-0.2, 0) is 0 Å². The minimum atomic E-state index is -2.56. The van der Waals surface area contributed by atoms with E-state index in [-0.39, 0.29) is 12.5 Å². The van der Waals surface area contributed by atoms with E-state index in [1.807, 2.05) is 60.7 Å². The van der Waals surface area contributed by atoms with Crippen LogP contribution in [0.1, 0.15) is 24.1 Å². The number of fused-ring (bicyclic) bond motifs is 4. The predicted octanol–water partition coefficient (Wildman–Crippen LogP) is 4.69. The Balaban J connectivity index is 1.34. The van der Waals surface area contributed by atoms with Crippen LogP contribution in [0.3, 0.4) is 0 Å². The summed E-state index contributed by atoms with van der Waals surface area (Å²) in [6.07, 6.45) is 2.47. The van der Waals surface area contributed by atoms with E-state index in [9.17, 15) is 8.78 Å². The largest absolute Gasteiger partial charge is 0.363 e. The number of benzene rings is 2. The van der Waals surface area contributed by atoms with Crippen molar-refractivity contribution in [2.45, 2.75) is 24.9 Å². The summed E-state index contributed by atoms with van der Waals surface area (Å²) in [5.41, 5.74) is 3.57. The molecule has 2 atom stereocenters. The van der Waals surface area contributed by atoms with Gasteiger partial charge in [-0.05, 0) is 24.1 Å². The number of halogens is 2. The van der Waals surface area contributed by atoms with Crippen LogP contribution >= 0.6 is 0 Å². The highest BCUT2D eigenvalue weighted by Crippen LogP contribution is 2.41. The van der Waals surface area contributed by atoms with Gasteiger partial charge in [-0.1, -0.05) is 48.5 Å². The number of nitrogens with one attached hydrogen (secondary N) is 1. The summed E-state index contributed by atoms with van der Waals surface area (Å²) < 4.78 is 32.7. The molecule has 2 unspecified atom stereocenters. The molecule has 0 radical (unpaired) electrons. The molecule has 1 aliphatic heterocycles. The Labute approximate surface area is 203 Å². The quantitative estimate of drug-likeness (QED) is 0.391. The molecular formula is C25H19F2N9. The van der Waals surface area contributed by atoms with Gasteiger partial charge in [-0.15, -0.1) is 5.10 Å². The minimum Gasteiger partial charge on any atom is -0.363 e. The first-order valence-electron chi connectivity index (χ1n) is 11.5. The van der Waals surface area contributed by atoms with Crippen molar-refractivity contribution >= 4 is 22.5 Å². The summed E-state index contributed by atoms with van der Waals surface area (Å²) in [7, 11) is 0. The second kappa shape index (κ2) is 7.94. The summed E-state index contributed by atoms with van der Waals surface area (Å²) in [5, 5.41) is 17.5. The Kier molecular flexibility index (Phi) is 4.56. The summed E-state index contributed by atoms with van der Waals surface area (Å²) in [6, 6.07) is 17.9. The van der Waals surface area contributed by atoms with Crippen molar-refractivity contribution in [3.05, 3.63) is 84.9 Å². The van der Waals surface area contributed by atoms with Gasteiger partial charge in [0.05, 0.1) is 35.1 Å². The Morgan fingerprint density at radius 2 is 1.69 bits per heavy atom. The highest BCUT2D eigenvalue weighted by molar-refractivity contribution is 5.90. The van der Waals surface area contributed by atoms with Gasteiger partial charge in [0.25, 0.3) is 6.43 Å². The second-order valence-electron chi connectivity index (χ2n) is 8.67. The van der Waals surface area contributed by atoms with Gasteiger partial charge in [0.1, 0.15) is 18.2 Å². The van der Waals surface area contributed by atoms with Gasteiger partial charge in [-0.3, -0.25) is 0 Å². The van der Waals surface area contributed by atoms with Gasteiger partial charge in [-0.25, -0.2) is 32.6 Å². The molecule has 11 heteroatoms. The number of rotatable bonds is 4. The molecule has 1 N–H and O–H groups in total. The van der Waals surface area contributed by atoms with Crippen molar-refractivity contribution in [1.82, 2.24) is 39.1 Å². The average molecular weight is 483 g/mol. The molecule has 7 rings (SSSR count). The lowest BCUT2D eigenvalue weighted by Gasteiger charge is -2.32. The Morgan fingerprint density at radius 1 is 0.917 bits per heavy atom. The van der Waals surface area contributed by atoms with E-state index in [1.54, 1.807) is 21.7 Å². The van der Waals surface area contributed by atoms with Crippen molar-refractivity contribution in [1.29, 1.82) is 0 Å². The van der Waals surface area contributed by atoms with E-state index in [4.69, 9.17) is 4.98 Å². The van der Waals surface area contributed by atoms with Gasteiger partial charge in [0, 0.05) is 0 Å². The minimum absolute atomic E-state index is 0.220. The topological polar surface area (TPSA) is 90.8 Å². The Hall–Kier alpha value is -4.67. The fraction of sp³-hybridized carbons (Fsp3) is 0.160. The number of nitrogens with zero attached hydrogens (tertiary/aromatic N) is 8. The number of para-hydroxylation sites is 1. The molecule has 0 saturated carbocycles. The van der Waals surface area contributed by atoms with E-state index in [0.29, 0.717) is 28.5 Å². The van der Waals surface area contributed by atoms with Gasteiger partial charge < -0.3 is 5.32 Å². The molecule has 178 valence electrons. The first-order chi connectivity index (χ1) is 17.7. The zero-order valence-corrected chi connectivity index (χ0v) is 18.8. The number of alkyl halides is 2. The maximum atomic E-state index is 14.0. The maximum absolute atomic E-state index is 14.0. The molecule has 0 amide bonds. The molecule has 0 bridgehead atoms. The van der Waals surface area contributed by atoms with Crippen LogP contribution in [0.25, 0.3) is 33.8 Å². The monoisotopic (exact) mass is 483 g/mol. The zero-order valence-electron chi connectivity index (χ0n) is 18.8. The lowest BCUT2D eigenvalue weighted by Crippen LogP contribution is -2.31. The van der Waals surface area contributed by atoms with Crippen molar-refractivity contribution in [3.8, 4) is 17.1 Å². The summed E-state index contributed by atoms with van der Waals surface area (Å²) >= 11 is 0. The third-order valence-corrected chi connectivity index (χ3v) is 6.54. The predicted molar refractivity (Wildman–Crippen MR) is 129 cm³/mol. The van der Waals surface area contributed by atoms with Crippen LogP contribution in [0.2, 0.25) is 0 Å². The highest BCUT2D eigenvalue weighted by atomic mass is 19.3. The smallest absolute Gasteiger partial charge is 0.260 e. The Morgan fingerprint density at radius 3 is 2.47 bits per heavy atom. The number of hydrogen-bond donors (Lipinski definition) is 1. The van der Waals surface area contributed by atoms with Gasteiger partial charge in [-0.2, -0.15) is 10.2 Å². The first-order valence-corrected chi connectivity index (χ1v) is 11.5. The normalized spacial score (nSPS) is 17.5. The molecular weight excluding hydrogens is 464 g/mol. The molecule has 0 aliphatic carbocycles. The maximum Gasteiger partial charge on any atom is 0.260 e. The molecule has 2 aromatic carbocycles. The third kappa shape index (κ3) is 3.16. The molecule has 1 aliphatic rings. The van der Waals surface area contributed by atoms with Crippen LogP contribution in [0.15, 0.2) is 79.4 Å². The van der Waals surface area contributed by atoms with Crippen molar-refractivity contribution in [2.75, 3.05) is 5.32 Å². The molecule has 5 heterocycles. The van der Waals surface area contributed by atoms with Crippen molar-refractivity contribution in [3.63, 3.8) is 0 Å². The summed E-state index contributed by atoms with van der Waals surface area (Å²) in [4.78, 5) is 9.28. The fourth-order valence-corrected chi connectivity index (χ4v) is 4.79. The third-order valence-electron chi connectivity index (χ3n) is 6.54. The lowest BCUT2D eigenvalue weighted by atomic mass is 9.97. The van der Waals surface area contributed by atoms with E-state index >= 15 is 0 Å². The first kappa shape index (κ1) is 20.7. The van der Waals surface area contributed by atoms with Crippen LogP contribution in [0, 0.1) is 0 Å². The molecule has 36 heavy (non-hydrogen) atoms. The van der Waals surface area contributed by atoms with Crippen LogP contribution < -0.4 is 5.32 Å². The summed E-state index contributed by atoms with van der Waals surface area (Å²) in [6.45, 7) is 0. The van der Waals surface area contributed by atoms with E-state index < -0.39 is 12.5 Å². The van der Waals surface area contributed by atoms with Gasteiger partial charge in [0.2, 0.25) is 0 Å². The summed E-state index contributed by atoms with van der Waals surface area (Å²) in [5.74, 6) is 0.840. The lowest BCUT2D eigenvalue weighted by molar-refractivity contribution is 0.0659. The Bertz CT molecular complexity index is 1690. The molecule has 9 nitrogen and oxygen atoms in total. The molecule has 4 aromatic heterocycles. The number of hydrogen-bond acceptors (Lipinski definition) is 6. The average Bonchev–Trinajstić information content (AvgIpc) is 3.64. The van der Waals surface area contributed by atoms with Gasteiger partial charge >= 0.3 is 0 Å². The molecule has 0 spiro atoms. The van der Waals surface area contributed by atoms with Gasteiger partial charge in [0.15, 0.2) is 17.1 Å². The van der Waals surface area contributed by atoms with E-state index in [2.05, 4.69) is 25.6 Å². The fourth-order valence-electron chi connectivity index (χ4n) is 4.79. The number of anilines is 1.